The van der Waals surface area contributed by atoms with Gasteiger partial charge in [0.25, 0.3) is 0 Å². The standard InChI is InChI=1S/C12H11BrClNOS/c13-7-3-9(17-6-7)5-12(16)10-2-1-8(14)4-11(10)15/h1-4,6,12,16H,5,15H2. The van der Waals surface area contributed by atoms with E-state index >= 15 is 0 Å². The van der Waals surface area contributed by atoms with Crippen LogP contribution in [0.1, 0.15) is 16.5 Å². The summed E-state index contributed by atoms with van der Waals surface area (Å²) in [5, 5.41) is 12.7. The molecule has 1 atom stereocenters. The zero-order chi connectivity index (χ0) is 12.4. The van der Waals surface area contributed by atoms with Crippen LogP contribution in [0.4, 0.5) is 5.69 Å². The van der Waals surface area contributed by atoms with E-state index in [0.29, 0.717) is 17.1 Å². The number of rotatable bonds is 3. The number of hydrogen-bond donors (Lipinski definition) is 2. The number of halogens is 2. The number of benzene rings is 1. The van der Waals surface area contributed by atoms with Crippen LogP contribution >= 0.6 is 38.9 Å². The predicted molar refractivity (Wildman–Crippen MR) is 76.5 cm³/mol. The fourth-order valence-electron chi connectivity index (χ4n) is 1.61. The van der Waals surface area contributed by atoms with E-state index in [-0.39, 0.29) is 0 Å². The van der Waals surface area contributed by atoms with Gasteiger partial charge in [-0.2, -0.15) is 0 Å². The third-order valence-electron chi connectivity index (χ3n) is 2.42. The smallest absolute Gasteiger partial charge is 0.0858 e. The van der Waals surface area contributed by atoms with Gasteiger partial charge in [-0.05, 0) is 34.1 Å². The van der Waals surface area contributed by atoms with Crippen molar-refractivity contribution in [2.24, 2.45) is 0 Å². The van der Waals surface area contributed by atoms with Crippen molar-refractivity contribution in [2.45, 2.75) is 12.5 Å². The summed E-state index contributed by atoms with van der Waals surface area (Å²) in [4.78, 5) is 1.11. The van der Waals surface area contributed by atoms with Gasteiger partial charge in [0.1, 0.15) is 0 Å². The van der Waals surface area contributed by atoms with E-state index in [0.717, 1.165) is 14.9 Å². The van der Waals surface area contributed by atoms with Crippen molar-refractivity contribution in [3.05, 3.63) is 49.6 Å². The van der Waals surface area contributed by atoms with Crippen molar-refractivity contribution in [2.75, 3.05) is 5.73 Å². The minimum absolute atomic E-state index is 0.528. The van der Waals surface area contributed by atoms with Gasteiger partial charge in [-0.1, -0.05) is 17.7 Å². The Bertz CT molecular complexity index is 529. The molecular weight excluding hydrogens is 322 g/mol. The molecule has 0 radical (unpaired) electrons. The molecule has 2 rings (SSSR count). The Balaban J connectivity index is 2.17. The van der Waals surface area contributed by atoms with Crippen molar-refractivity contribution in [1.29, 1.82) is 0 Å². The van der Waals surface area contributed by atoms with Crippen molar-refractivity contribution in [1.82, 2.24) is 0 Å². The van der Waals surface area contributed by atoms with Gasteiger partial charge in [0.05, 0.1) is 6.10 Å². The molecule has 0 aliphatic carbocycles. The Morgan fingerprint density at radius 1 is 1.41 bits per heavy atom. The molecule has 0 saturated carbocycles. The van der Waals surface area contributed by atoms with Crippen molar-refractivity contribution >= 4 is 44.6 Å². The second kappa shape index (κ2) is 5.40. The first-order chi connectivity index (χ1) is 8.06. The topological polar surface area (TPSA) is 46.2 Å². The van der Waals surface area contributed by atoms with E-state index in [2.05, 4.69) is 15.9 Å². The van der Waals surface area contributed by atoms with Crippen molar-refractivity contribution in [3.63, 3.8) is 0 Å². The SMILES string of the molecule is Nc1cc(Cl)ccc1C(O)Cc1cc(Br)cs1. The highest BCUT2D eigenvalue weighted by Gasteiger charge is 2.13. The summed E-state index contributed by atoms with van der Waals surface area (Å²) in [6.07, 6.45) is -0.0416. The van der Waals surface area contributed by atoms with Gasteiger partial charge in [-0.25, -0.2) is 0 Å². The molecule has 0 aliphatic heterocycles. The summed E-state index contributed by atoms with van der Waals surface area (Å²) in [5.74, 6) is 0. The summed E-state index contributed by atoms with van der Waals surface area (Å²) in [6.45, 7) is 0. The first-order valence-electron chi connectivity index (χ1n) is 5.02. The van der Waals surface area contributed by atoms with Crippen LogP contribution in [0.3, 0.4) is 0 Å². The predicted octanol–water partition coefficient (Wildman–Crippen LogP) is 4.02. The van der Waals surface area contributed by atoms with E-state index in [1.54, 1.807) is 29.5 Å². The van der Waals surface area contributed by atoms with Crippen LogP contribution in [0.25, 0.3) is 0 Å². The lowest BCUT2D eigenvalue weighted by molar-refractivity contribution is 0.180. The molecule has 1 aromatic carbocycles. The molecule has 0 fully saturated rings. The molecule has 0 spiro atoms. The molecule has 90 valence electrons. The number of nitrogens with two attached hydrogens (primary N) is 1. The quantitative estimate of drug-likeness (QED) is 0.834. The van der Waals surface area contributed by atoms with E-state index in [1.165, 1.54) is 0 Å². The van der Waals surface area contributed by atoms with Crippen LogP contribution in [-0.4, -0.2) is 5.11 Å². The lowest BCUT2D eigenvalue weighted by Crippen LogP contribution is -2.04. The summed E-state index contributed by atoms with van der Waals surface area (Å²) in [7, 11) is 0. The number of thiophene rings is 1. The molecule has 3 N–H and O–H groups in total. The average molecular weight is 333 g/mol. The van der Waals surface area contributed by atoms with Crippen LogP contribution in [0.5, 0.6) is 0 Å². The van der Waals surface area contributed by atoms with Crippen molar-refractivity contribution < 1.29 is 5.11 Å². The normalized spacial score (nSPS) is 12.6. The third kappa shape index (κ3) is 3.22. The molecule has 0 bridgehead atoms. The third-order valence-corrected chi connectivity index (χ3v) is 4.38. The van der Waals surface area contributed by atoms with E-state index in [1.807, 2.05) is 11.4 Å². The van der Waals surface area contributed by atoms with Gasteiger partial charge < -0.3 is 10.8 Å². The van der Waals surface area contributed by atoms with Gasteiger partial charge in [0, 0.05) is 37.4 Å². The van der Waals surface area contributed by atoms with Crippen LogP contribution in [0.15, 0.2) is 34.1 Å². The fourth-order valence-corrected chi connectivity index (χ4v) is 3.28. The summed E-state index contributed by atoms with van der Waals surface area (Å²) < 4.78 is 1.04. The van der Waals surface area contributed by atoms with Gasteiger partial charge in [-0.3, -0.25) is 0 Å². The van der Waals surface area contributed by atoms with Gasteiger partial charge in [0.15, 0.2) is 0 Å². The Morgan fingerprint density at radius 2 is 2.18 bits per heavy atom. The maximum absolute atomic E-state index is 10.1. The Labute approximate surface area is 117 Å². The molecule has 2 aromatic rings. The maximum atomic E-state index is 10.1. The molecule has 1 aromatic heterocycles. The molecule has 17 heavy (non-hydrogen) atoms. The van der Waals surface area contributed by atoms with Crippen LogP contribution in [0, 0.1) is 0 Å². The molecular formula is C12H11BrClNOS. The molecule has 2 nitrogen and oxygen atoms in total. The highest BCUT2D eigenvalue weighted by atomic mass is 79.9. The second-order valence-corrected chi connectivity index (χ2v) is 6.07. The number of anilines is 1. The zero-order valence-electron chi connectivity index (χ0n) is 8.86. The van der Waals surface area contributed by atoms with Crippen LogP contribution in [0.2, 0.25) is 5.02 Å². The van der Waals surface area contributed by atoms with E-state index in [4.69, 9.17) is 17.3 Å². The maximum Gasteiger partial charge on any atom is 0.0858 e. The highest BCUT2D eigenvalue weighted by molar-refractivity contribution is 9.10. The molecule has 1 heterocycles. The average Bonchev–Trinajstić information content (AvgIpc) is 2.63. The largest absolute Gasteiger partial charge is 0.398 e. The van der Waals surface area contributed by atoms with E-state index in [9.17, 15) is 5.11 Å². The minimum Gasteiger partial charge on any atom is -0.398 e. The fraction of sp³-hybridized carbons (Fsp3) is 0.167. The van der Waals surface area contributed by atoms with Gasteiger partial charge in [-0.15, -0.1) is 11.3 Å². The number of hydrogen-bond acceptors (Lipinski definition) is 3. The first-order valence-corrected chi connectivity index (χ1v) is 7.07. The summed E-state index contributed by atoms with van der Waals surface area (Å²) in [6, 6.07) is 7.16. The van der Waals surface area contributed by atoms with Gasteiger partial charge in [0.2, 0.25) is 0 Å². The second-order valence-electron chi connectivity index (χ2n) is 3.72. The van der Waals surface area contributed by atoms with E-state index < -0.39 is 6.10 Å². The number of nitrogen functional groups attached to an aromatic ring is 1. The first kappa shape index (κ1) is 12.9. The molecule has 0 amide bonds. The Morgan fingerprint density at radius 3 is 2.76 bits per heavy atom. The molecule has 5 heteroatoms. The lowest BCUT2D eigenvalue weighted by Gasteiger charge is -2.12. The Hall–Kier alpha value is -0.550. The van der Waals surface area contributed by atoms with Crippen LogP contribution < -0.4 is 5.73 Å². The highest BCUT2D eigenvalue weighted by Crippen LogP contribution is 2.29. The molecule has 1 unspecified atom stereocenters. The minimum atomic E-state index is -0.599. The summed E-state index contributed by atoms with van der Waals surface area (Å²) >= 11 is 10.8. The van der Waals surface area contributed by atoms with Crippen LogP contribution in [-0.2, 0) is 6.42 Å². The van der Waals surface area contributed by atoms with Gasteiger partial charge >= 0.3 is 0 Å². The Kier molecular flexibility index (Phi) is 4.09. The molecule has 0 saturated heterocycles. The zero-order valence-corrected chi connectivity index (χ0v) is 12.0. The number of aliphatic hydroxyl groups excluding tert-OH is 1. The van der Waals surface area contributed by atoms with Crippen molar-refractivity contribution in [3.8, 4) is 0 Å². The monoisotopic (exact) mass is 331 g/mol. The number of aliphatic hydroxyl groups is 1. The molecule has 0 aliphatic rings. The summed E-state index contributed by atoms with van der Waals surface area (Å²) in [5.41, 5.74) is 7.08. The lowest BCUT2D eigenvalue weighted by atomic mass is 10.0.